The molecule has 1 aliphatic carbocycles. The topological polar surface area (TPSA) is 44.4 Å². The van der Waals surface area contributed by atoms with E-state index >= 15 is 0 Å². The lowest BCUT2D eigenvalue weighted by molar-refractivity contribution is -0.115. The normalized spacial score (nSPS) is 22.8. The van der Waals surface area contributed by atoms with Gasteiger partial charge in [-0.25, -0.2) is 0 Å². The minimum Gasteiger partial charge on any atom is -0.381 e. The summed E-state index contributed by atoms with van der Waals surface area (Å²) in [4.78, 5) is 13.9. The highest BCUT2D eigenvalue weighted by atomic mass is 16.1. The molecule has 1 saturated carbocycles. The molecule has 1 atom stereocenters. The molecule has 1 aromatic carbocycles. The minimum absolute atomic E-state index is 0.0570. The summed E-state index contributed by atoms with van der Waals surface area (Å²) in [6.45, 7) is 4.25. The highest BCUT2D eigenvalue weighted by Gasteiger charge is 2.34. The number of hydrogen-bond donors (Lipinski definition) is 2. The molecule has 2 N–H and O–H groups in total. The molecule has 0 radical (unpaired) electrons. The number of benzene rings is 1. The number of carbonyl (C=O) groups excluding carboxylic acids is 1. The van der Waals surface area contributed by atoms with Crippen LogP contribution >= 0.6 is 0 Å². The fraction of sp³-hybridized carbons (Fsp3) is 0.562. The fourth-order valence-corrected chi connectivity index (χ4v) is 2.81. The summed E-state index contributed by atoms with van der Waals surface area (Å²) in [5, 5.41) is 6.46. The molecule has 0 bridgehead atoms. The van der Waals surface area contributed by atoms with E-state index in [2.05, 4.69) is 15.5 Å². The summed E-state index contributed by atoms with van der Waals surface area (Å²) in [7, 11) is 0. The van der Waals surface area contributed by atoms with Gasteiger partial charge in [-0.2, -0.15) is 0 Å². The van der Waals surface area contributed by atoms with Gasteiger partial charge in [-0.15, -0.1) is 0 Å². The van der Waals surface area contributed by atoms with Crippen molar-refractivity contribution in [3.8, 4) is 0 Å². The molecule has 2 fully saturated rings. The van der Waals surface area contributed by atoms with Crippen LogP contribution in [0.1, 0.15) is 32.6 Å². The first-order valence-corrected chi connectivity index (χ1v) is 7.65. The molecule has 1 saturated heterocycles. The predicted octanol–water partition coefficient (Wildman–Crippen LogP) is 2.68. The summed E-state index contributed by atoms with van der Waals surface area (Å²) in [6.07, 6.45) is 4.51. The zero-order valence-electron chi connectivity index (χ0n) is 12.1. The number of carbonyl (C=O) groups is 1. The number of likely N-dealkylation sites (tertiary alicyclic amines) is 1. The molecule has 0 aromatic heterocycles. The standard InChI is InChI=1S/C16H23N3O/c1-2-16(20)18-13-5-3-12(4-6-13)17-14-9-10-19(11-14)15-7-8-15/h3-6,14-15,17H,2,7-11H2,1H3,(H,18,20). The zero-order chi connectivity index (χ0) is 13.9. The molecule has 20 heavy (non-hydrogen) atoms. The minimum atomic E-state index is 0.0570. The van der Waals surface area contributed by atoms with Crippen molar-refractivity contribution in [3.63, 3.8) is 0 Å². The Morgan fingerprint density at radius 3 is 2.55 bits per heavy atom. The SMILES string of the molecule is CCC(=O)Nc1ccc(NC2CCN(C3CC3)C2)cc1. The maximum Gasteiger partial charge on any atom is 0.224 e. The van der Waals surface area contributed by atoms with E-state index in [-0.39, 0.29) is 5.91 Å². The van der Waals surface area contributed by atoms with Crippen molar-refractivity contribution in [2.75, 3.05) is 23.7 Å². The Balaban J connectivity index is 1.51. The molecule has 1 aromatic rings. The van der Waals surface area contributed by atoms with E-state index in [1.54, 1.807) is 0 Å². The van der Waals surface area contributed by atoms with Crippen LogP contribution in [0.4, 0.5) is 11.4 Å². The van der Waals surface area contributed by atoms with Gasteiger partial charge in [0.2, 0.25) is 5.91 Å². The molecule has 1 amide bonds. The van der Waals surface area contributed by atoms with E-state index in [0.29, 0.717) is 12.5 Å². The second kappa shape index (κ2) is 5.83. The highest BCUT2D eigenvalue weighted by molar-refractivity contribution is 5.90. The van der Waals surface area contributed by atoms with E-state index in [9.17, 15) is 4.79 Å². The first-order chi connectivity index (χ1) is 9.74. The monoisotopic (exact) mass is 273 g/mol. The molecule has 4 heteroatoms. The van der Waals surface area contributed by atoms with Crippen LogP contribution < -0.4 is 10.6 Å². The number of anilines is 2. The third-order valence-electron chi connectivity index (χ3n) is 4.14. The Bertz CT molecular complexity index is 467. The van der Waals surface area contributed by atoms with Crippen molar-refractivity contribution < 1.29 is 4.79 Å². The van der Waals surface area contributed by atoms with Crippen molar-refractivity contribution in [3.05, 3.63) is 24.3 Å². The molecule has 2 aliphatic rings. The van der Waals surface area contributed by atoms with Gasteiger partial charge in [0.05, 0.1) is 0 Å². The summed E-state index contributed by atoms with van der Waals surface area (Å²) in [5.74, 6) is 0.0570. The van der Waals surface area contributed by atoms with Gasteiger partial charge in [-0.05, 0) is 43.5 Å². The summed E-state index contributed by atoms with van der Waals surface area (Å²) < 4.78 is 0. The molecule has 0 spiro atoms. The third-order valence-corrected chi connectivity index (χ3v) is 4.14. The fourth-order valence-electron chi connectivity index (χ4n) is 2.81. The van der Waals surface area contributed by atoms with Gasteiger partial charge < -0.3 is 10.6 Å². The Morgan fingerprint density at radius 2 is 1.90 bits per heavy atom. The van der Waals surface area contributed by atoms with Gasteiger partial charge in [0.25, 0.3) is 0 Å². The largest absolute Gasteiger partial charge is 0.381 e. The molecule has 1 aliphatic heterocycles. The van der Waals surface area contributed by atoms with Crippen LogP contribution in [-0.4, -0.2) is 36.0 Å². The number of amides is 1. The quantitative estimate of drug-likeness (QED) is 0.867. The van der Waals surface area contributed by atoms with E-state index in [4.69, 9.17) is 0 Å². The lowest BCUT2D eigenvalue weighted by Gasteiger charge is -2.17. The van der Waals surface area contributed by atoms with Crippen LogP contribution in [0.2, 0.25) is 0 Å². The van der Waals surface area contributed by atoms with Gasteiger partial charge in [-0.1, -0.05) is 6.92 Å². The van der Waals surface area contributed by atoms with Crippen molar-refractivity contribution >= 4 is 17.3 Å². The molecule has 1 unspecified atom stereocenters. The Hall–Kier alpha value is -1.55. The van der Waals surface area contributed by atoms with E-state index in [1.165, 1.54) is 32.4 Å². The van der Waals surface area contributed by atoms with Crippen molar-refractivity contribution in [1.82, 2.24) is 4.90 Å². The number of hydrogen-bond acceptors (Lipinski definition) is 3. The van der Waals surface area contributed by atoms with Crippen LogP contribution in [-0.2, 0) is 4.79 Å². The van der Waals surface area contributed by atoms with E-state index in [0.717, 1.165) is 17.4 Å². The molecule has 108 valence electrons. The first-order valence-electron chi connectivity index (χ1n) is 7.65. The summed E-state index contributed by atoms with van der Waals surface area (Å²) >= 11 is 0. The maximum absolute atomic E-state index is 11.3. The van der Waals surface area contributed by atoms with Crippen molar-refractivity contribution in [2.45, 2.75) is 44.7 Å². The lowest BCUT2D eigenvalue weighted by Crippen LogP contribution is -2.27. The lowest BCUT2D eigenvalue weighted by atomic mass is 10.2. The molecular formula is C16H23N3O. The second-order valence-corrected chi connectivity index (χ2v) is 5.84. The highest BCUT2D eigenvalue weighted by Crippen LogP contribution is 2.30. The average molecular weight is 273 g/mol. The average Bonchev–Trinajstić information content (AvgIpc) is 3.21. The summed E-state index contributed by atoms with van der Waals surface area (Å²) in [6, 6.07) is 9.45. The van der Waals surface area contributed by atoms with E-state index in [1.807, 2.05) is 31.2 Å². The van der Waals surface area contributed by atoms with Gasteiger partial charge in [0, 0.05) is 43.0 Å². The van der Waals surface area contributed by atoms with Crippen LogP contribution in [0, 0.1) is 0 Å². The maximum atomic E-state index is 11.3. The smallest absolute Gasteiger partial charge is 0.224 e. The van der Waals surface area contributed by atoms with Gasteiger partial charge in [0.15, 0.2) is 0 Å². The molecular weight excluding hydrogens is 250 g/mol. The van der Waals surface area contributed by atoms with Crippen LogP contribution in [0.5, 0.6) is 0 Å². The van der Waals surface area contributed by atoms with Crippen molar-refractivity contribution in [1.29, 1.82) is 0 Å². The van der Waals surface area contributed by atoms with Gasteiger partial charge in [0.1, 0.15) is 0 Å². The second-order valence-electron chi connectivity index (χ2n) is 5.84. The van der Waals surface area contributed by atoms with Crippen LogP contribution in [0.25, 0.3) is 0 Å². The Labute approximate surface area is 120 Å². The first kappa shape index (κ1) is 13.4. The number of rotatable bonds is 5. The molecule has 3 rings (SSSR count). The molecule has 4 nitrogen and oxygen atoms in total. The van der Waals surface area contributed by atoms with Gasteiger partial charge in [-0.3, -0.25) is 9.69 Å². The predicted molar refractivity (Wildman–Crippen MR) is 82.0 cm³/mol. The Kier molecular flexibility index (Phi) is 3.92. The van der Waals surface area contributed by atoms with Crippen LogP contribution in [0.3, 0.4) is 0 Å². The summed E-state index contributed by atoms with van der Waals surface area (Å²) in [5.41, 5.74) is 2.01. The Morgan fingerprint density at radius 1 is 1.20 bits per heavy atom. The van der Waals surface area contributed by atoms with E-state index < -0.39 is 0 Å². The number of nitrogens with one attached hydrogen (secondary N) is 2. The van der Waals surface area contributed by atoms with Crippen molar-refractivity contribution in [2.24, 2.45) is 0 Å². The third kappa shape index (κ3) is 3.31. The zero-order valence-corrected chi connectivity index (χ0v) is 12.1. The van der Waals surface area contributed by atoms with Gasteiger partial charge >= 0.3 is 0 Å². The number of nitrogens with zero attached hydrogens (tertiary/aromatic N) is 1. The van der Waals surface area contributed by atoms with Crippen LogP contribution in [0.15, 0.2) is 24.3 Å². The molecule has 1 heterocycles.